The Bertz CT molecular complexity index is 564. The molecule has 0 bridgehead atoms. The molecule has 0 saturated heterocycles. The van der Waals surface area contributed by atoms with Gasteiger partial charge in [-0.3, -0.25) is 4.79 Å². The molecular formula is C14H11ClO2S. The Morgan fingerprint density at radius 3 is 2.06 bits per heavy atom. The molecule has 2 aromatic carbocycles. The molecule has 4 heteroatoms. The van der Waals surface area contributed by atoms with Crippen molar-refractivity contribution in [3.8, 4) is 0 Å². The Hall–Kier alpha value is -1.45. The molecule has 0 amide bonds. The molecule has 0 heterocycles. The van der Waals surface area contributed by atoms with Crippen LogP contribution in [0.5, 0.6) is 0 Å². The average Bonchev–Trinajstić information content (AvgIpc) is 2.47. The fourth-order valence-corrected chi connectivity index (χ4v) is 2.74. The summed E-state index contributed by atoms with van der Waals surface area (Å²) in [6, 6.07) is 15.9. The van der Waals surface area contributed by atoms with Crippen molar-refractivity contribution in [2.24, 2.45) is 0 Å². The number of alkyl halides is 1. The van der Waals surface area contributed by atoms with E-state index in [-0.39, 0.29) is 11.7 Å². The van der Waals surface area contributed by atoms with Crippen molar-refractivity contribution < 1.29 is 9.00 Å². The van der Waals surface area contributed by atoms with Crippen LogP contribution in [-0.4, -0.2) is 15.9 Å². The zero-order valence-corrected chi connectivity index (χ0v) is 11.1. The molecule has 2 aromatic rings. The molecular weight excluding hydrogens is 268 g/mol. The molecule has 0 aromatic heterocycles. The van der Waals surface area contributed by atoms with Gasteiger partial charge < -0.3 is 0 Å². The highest BCUT2D eigenvalue weighted by Crippen LogP contribution is 2.16. The number of carbonyl (C=O) groups excluding carboxylic acids is 1. The van der Waals surface area contributed by atoms with Gasteiger partial charge in [0.15, 0.2) is 5.78 Å². The molecule has 0 aliphatic heterocycles. The molecule has 2 nitrogen and oxygen atoms in total. The molecule has 92 valence electrons. The molecule has 0 unspecified atom stereocenters. The van der Waals surface area contributed by atoms with Crippen molar-refractivity contribution >= 4 is 28.2 Å². The van der Waals surface area contributed by atoms with Gasteiger partial charge in [0.2, 0.25) is 0 Å². The lowest BCUT2D eigenvalue weighted by atomic mass is 10.1. The van der Waals surface area contributed by atoms with Crippen LogP contribution >= 0.6 is 11.6 Å². The van der Waals surface area contributed by atoms with E-state index in [2.05, 4.69) is 0 Å². The number of halogens is 1. The first-order valence-electron chi connectivity index (χ1n) is 5.38. The van der Waals surface area contributed by atoms with Gasteiger partial charge in [-0.25, -0.2) is 4.21 Å². The number of hydrogen-bond acceptors (Lipinski definition) is 2. The summed E-state index contributed by atoms with van der Waals surface area (Å²) in [6.07, 6.45) is 0. The monoisotopic (exact) mass is 278 g/mol. The van der Waals surface area contributed by atoms with Crippen LogP contribution in [0.3, 0.4) is 0 Å². The highest BCUT2D eigenvalue weighted by molar-refractivity contribution is 7.85. The molecule has 0 N–H and O–H groups in total. The number of ketones is 1. The molecule has 0 spiro atoms. The van der Waals surface area contributed by atoms with Crippen molar-refractivity contribution in [1.29, 1.82) is 0 Å². The number of rotatable bonds is 4. The zero-order valence-electron chi connectivity index (χ0n) is 9.51. The van der Waals surface area contributed by atoms with Crippen LogP contribution in [0.4, 0.5) is 0 Å². The summed E-state index contributed by atoms with van der Waals surface area (Å²) in [5, 5.41) is 0. The van der Waals surface area contributed by atoms with Crippen LogP contribution < -0.4 is 0 Å². The molecule has 0 saturated carbocycles. The Balaban J connectivity index is 2.25. The van der Waals surface area contributed by atoms with Gasteiger partial charge >= 0.3 is 0 Å². The molecule has 18 heavy (non-hydrogen) atoms. The predicted octanol–water partition coefficient (Wildman–Crippen LogP) is 3.27. The first kappa shape index (κ1) is 13.0. The van der Waals surface area contributed by atoms with Crippen LogP contribution in [0.25, 0.3) is 0 Å². The molecule has 2 rings (SSSR count). The summed E-state index contributed by atoms with van der Waals surface area (Å²) in [6.45, 7) is 0. The second kappa shape index (κ2) is 5.94. The van der Waals surface area contributed by atoms with E-state index in [1.165, 1.54) is 0 Å². The second-order valence-corrected chi connectivity index (χ2v) is 5.41. The molecule has 0 radical (unpaired) electrons. The summed E-state index contributed by atoms with van der Waals surface area (Å²) >= 11 is 5.48. The summed E-state index contributed by atoms with van der Waals surface area (Å²) < 4.78 is 12.2. The Labute approximate surface area is 113 Å². The number of carbonyl (C=O) groups is 1. The van der Waals surface area contributed by atoms with Gasteiger partial charge in [0.1, 0.15) is 0 Å². The average molecular weight is 279 g/mol. The van der Waals surface area contributed by atoms with Gasteiger partial charge in [-0.1, -0.05) is 30.3 Å². The molecule has 0 fully saturated rings. The minimum atomic E-state index is -1.21. The van der Waals surface area contributed by atoms with Gasteiger partial charge in [-0.15, -0.1) is 11.6 Å². The quantitative estimate of drug-likeness (QED) is 0.635. The van der Waals surface area contributed by atoms with Gasteiger partial charge in [0, 0.05) is 15.4 Å². The third-order valence-electron chi connectivity index (χ3n) is 2.47. The van der Waals surface area contributed by atoms with E-state index >= 15 is 0 Å². The largest absolute Gasteiger partial charge is 0.293 e. The van der Waals surface area contributed by atoms with E-state index < -0.39 is 10.8 Å². The summed E-state index contributed by atoms with van der Waals surface area (Å²) in [5.74, 6) is -0.171. The van der Waals surface area contributed by atoms with E-state index in [9.17, 15) is 9.00 Å². The van der Waals surface area contributed by atoms with Crippen LogP contribution in [0.1, 0.15) is 10.4 Å². The Morgan fingerprint density at radius 1 is 0.944 bits per heavy atom. The van der Waals surface area contributed by atoms with E-state index in [4.69, 9.17) is 11.6 Å². The van der Waals surface area contributed by atoms with E-state index in [0.717, 1.165) is 4.90 Å². The Kier molecular flexibility index (Phi) is 4.28. The van der Waals surface area contributed by atoms with E-state index in [1.807, 2.05) is 30.3 Å². The van der Waals surface area contributed by atoms with Crippen molar-refractivity contribution in [3.63, 3.8) is 0 Å². The van der Waals surface area contributed by atoms with E-state index in [1.54, 1.807) is 24.3 Å². The van der Waals surface area contributed by atoms with Gasteiger partial charge in [0.05, 0.1) is 16.7 Å². The van der Waals surface area contributed by atoms with Crippen molar-refractivity contribution in [2.45, 2.75) is 9.79 Å². The minimum absolute atomic E-state index is 0.0406. The summed E-state index contributed by atoms with van der Waals surface area (Å²) in [4.78, 5) is 12.8. The van der Waals surface area contributed by atoms with Gasteiger partial charge in [-0.2, -0.15) is 0 Å². The Morgan fingerprint density at radius 2 is 1.50 bits per heavy atom. The topological polar surface area (TPSA) is 34.1 Å². The maximum Gasteiger partial charge on any atom is 0.177 e. The molecule has 0 aliphatic carbocycles. The van der Waals surface area contributed by atoms with Crippen LogP contribution in [0.15, 0.2) is 64.4 Å². The van der Waals surface area contributed by atoms with Crippen molar-refractivity contribution in [3.05, 3.63) is 60.2 Å². The first-order valence-corrected chi connectivity index (χ1v) is 7.07. The first-order chi connectivity index (χ1) is 8.72. The van der Waals surface area contributed by atoms with Crippen LogP contribution in [0.2, 0.25) is 0 Å². The highest BCUT2D eigenvalue weighted by atomic mass is 35.5. The third-order valence-corrected chi connectivity index (χ3v) is 4.11. The molecule has 1 atom stereocenters. The number of Topliss-reactive ketones (excluding diaryl/α,β-unsaturated/α-hetero) is 1. The summed E-state index contributed by atoms with van der Waals surface area (Å²) in [7, 11) is -1.21. The lowest BCUT2D eigenvalue weighted by Gasteiger charge is -2.03. The maximum atomic E-state index is 12.2. The molecule has 0 aliphatic rings. The smallest absolute Gasteiger partial charge is 0.177 e. The summed E-state index contributed by atoms with van der Waals surface area (Å²) in [5.41, 5.74) is 0.541. The van der Waals surface area contributed by atoms with Gasteiger partial charge in [0.25, 0.3) is 0 Å². The number of hydrogen-bond donors (Lipinski definition) is 0. The normalized spacial score (nSPS) is 12.1. The zero-order chi connectivity index (χ0) is 13.0. The SMILES string of the molecule is O=C(CCl)c1ccc([S@](=O)c2ccccc2)cc1. The fourth-order valence-electron chi connectivity index (χ4n) is 1.52. The highest BCUT2D eigenvalue weighted by Gasteiger charge is 2.08. The van der Waals surface area contributed by atoms with Crippen molar-refractivity contribution in [2.75, 3.05) is 5.88 Å². The predicted molar refractivity (Wildman–Crippen MR) is 72.6 cm³/mol. The lowest BCUT2D eigenvalue weighted by molar-refractivity contribution is 0.102. The number of benzene rings is 2. The van der Waals surface area contributed by atoms with Gasteiger partial charge in [-0.05, 0) is 24.3 Å². The minimum Gasteiger partial charge on any atom is -0.293 e. The van der Waals surface area contributed by atoms with E-state index in [0.29, 0.717) is 10.5 Å². The lowest BCUT2D eigenvalue weighted by Crippen LogP contribution is -2.00. The van der Waals surface area contributed by atoms with Crippen LogP contribution in [-0.2, 0) is 10.8 Å². The standard InChI is InChI=1S/C14H11ClO2S/c15-10-14(16)11-6-8-13(9-7-11)18(17)12-4-2-1-3-5-12/h1-9H,10H2/t18-/m1/s1. The van der Waals surface area contributed by atoms with Crippen molar-refractivity contribution in [1.82, 2.24) is 0 Å². The fraction of sp³-hybridized carbons (Fsp3) is 0.0714. The second-order valence-electron chi connectivity index (χ2n) is 3.66. The van der Waals surface area contributed by atoms with Crippen LogP contribution in [0, 0.1) is 0 Å². The third kappa shape index (κ3) is 2.86. The maximum absolute atomic E-state index is 12.2.